The molecule has 0 heterocycles. The molecular formula is C10H18NO. The summed E-state index contributed by atoms with van der Waals surface area (Å²) < 4.78 is 0. The normalized spacial score (nSPS) is 19.1. The SMILES string of the molecule is [CH2]CC(=O)NCC1CCCCC1. The van der Waals surface area contributed by atoms with Gasteiger partial charge in [0.05, 0.1) is 0 Å². The van der Waals surface area contributed by atoms with Gasteiger partial charge in [-0.3, -0.25) is 4.79 Å². The Bertz CT molecular complexity index is 139. The van der Waals surface area contributed by atoms with E-state index in [1.54, 1.807) is 0 Å². The van der Waals surface area contributed by atoms with Crippen LogP contribution in [0.3, 0.4) is 0 Å². The molecule has 0 aliphatic heterocycles. The Morgan fingerprint density at radius 3 is 2.58 bits per heavy atom. The van der Waals surface area contributed by atoms with Crippen LogP contribution < -0.4 is 5.32 Å². The third kappa shape index (κ3) is 3.24. The van der Waals surface area contributed by atoms with E-state index in [4.69, 9.17) is 0 Å². The molecule has 2 heteroatoms. The number of hydrogen-bond donors (Lipinski definition) is 1. The van der Waals surface area contributed by atoms with Crippen LogP contribution in [0.15, 0.2) is 0 Å². The summed E-state index contributed by atoms with van der Waals surface area (Å²) in [6, 6.07) is 0. The van der Waals surface area contributed by atoms with Gasteiger partial charge in [0.15, 0.2) is 0 Å². The molecule has 0 atom stereocenters. The van der Waals surface area contributed by atoms with Gasteiger partial charge in [0.1, 0.15) is 0 Å². The predicted octanol–water partition coefficient (Wildman–Crippen LogP) is 1.91. The van der Waals surface area contributed by atoms with Gasteiger partial charge in [0, 0.05) is 13.0 Å². The zero-order valence-corrected chi connectivity index (χ0v) is 7.64. The monoisotopic (exact) mass is 168 g/mol. The molecule has 0 aromatic heterocycles. The van der Waals surface area contributed by atoms with Crippen molar-refractivity contribution >= 4 is 5.91 Å². The summed E-state index contributed by atoms with van der Waals surface area (Å²) >= 11 is 0. The second kappa shape index (κ2) is 5.18. The van der Waals surface area contributed by atoms with Gasteiger partial charge in [-0.15, -0.1) is 0 Å². The average molecular weight is 168 g/mol. The van der Waals surface area contributed by atoms with Crippen LogP contribution in [-0.2, 0) is 4.79 Å². The molecule has 1 aliphatic carbocycles. The lowest BCUT2D eigenvalue weighted by Crippen LogP contribution is -2.29. The van der Waals surface area contributed by atoms with Crippen LogP contribution in [0, 0.1) is 12.8 Å². The van der Waals surface area contributed by atoms with Crippen molar-refractivity contribution in [1.29, 1.82) is 0 Å². The second-order valence-electron chi connectivity index (χ2n) is 3.56. The van der Waals surface area contributed by atoms with E-state index in [0.717, 1.165) is 12.5 Å². The van der Waals surface area contributed by atoms with Crippen molar-refractivity contribution in [2.45, 2.75) is 38.5 Å². The van der Waals surface area contributed by atoms with Crippen molar-refractivity contribution in [3.05, 3.63) is 6.92 Å². The number of carbonyl (C=O) groups excluding carboxylic acids is 1. The highest BCUT2D eigenvalue weighted by Gasteiger charge is 2.13. The Morgan fingerprint density at radius 2 is 2.00 bits per heavy atom. The van der Waals surface area contributed by atoms with E-state index in [2.05, 4.69) is 12.2 Å². The number of rotatable bonds is 3. The Balaban J connectivity index is 2.09. The average Bonchev–Trinajstić information content (AvgIpc) is 2.16. The molecule has 1 N–H and O–H groups in total. The predicted molar refractivity (Wildman–Crippen MR) is 49.6 cm³/mol. The van der Waals surface area contributed by atoms with E-state index in [1.807, 2.05) is 0 Å². The number of hydrogen-bond acceptors (Lipinski definition) is 1. The van der Waals surface area contributed by atoms with Gasteiger partial charge in [-0.2, -0.15) is 0 Å². The highest BCUT2D eigenvalue weighted by atomic mass is 16.1. The van der Waals surface area contributed by atoms with Gasteiger partial charge in [-0.05, 0) is 25.7 Å². The smallest absolute Gasteiger partial charge is 0.220 e. The molecule has 0 bridgehead atoms. The Labute approximate surface area is 74.7 Å². The first kappa shape index (κ1) is 9.56. The zero-order valence-electron chi connectivity index (χ0n) is 7.64. The van der Waals surface area contributed by atoms with Gasteiger partial charge in [0.2, 0.25) is 5.91 Å². The van der Waals surface area contributed by atoms with E-state index in [-0.39, 0.29) is 5.91 Å². The first-order valence-electron chi connectivity index (χ1n) is 4.89. The lowest BCUT2D eigenvalue weighted by atomic mass is 9.89. The molecular weight excluding hydrogens is 150 g/mol. The van der Waals surface area contributed by atoms with E-state index in [1.165, 1.54) is 32.1 Å². The molecule has 0 saturated heterocycles. The summed E-state index contributed by atoms with van der Waals surface area (Å²) in [6.45, 7) is 4.41. The minimum absolute atomic E-state index is 0.0839. The molecule has 0 aromatic carbocycles. The summed E-state index contributed by atoms with van der Waals surface area (Å²) in [5, 5.41) is 2.90. The third-order valence-corrected chi connectivity index (χ3v) is 2.54. The summed E-state index contributed by atoms with van der Waals surface area (Å²) in [6.07, 6.45) is 7.00. The van der Waals surface area contributed by atoms with Crippen molar-refractivity contribution in [2.24, 2.45) is 5.92 Å². The van der Waals surface area contributed by atoms with Crippen LogP contribution in [0.1, 0.15) is 38.5 Å². The van der Waals surface area contributed by atoms with Crippen LogP contribution >= 0.6 is 0 Å². The van der Waals surface area contributed by atoms with Crippen molar-refractivity contribution in [2.75, 3.05) is 6.54 Å². The van der Waals surface area contributed by atoms with Crippen LogP contribution in [-0.4, -0.2) is 12.5 Å². The van der Waals surface area contributed by atoms with Crippen LogP contribution in [0.4, 0.5) is 0 Å². The maximum Gasteiger partial charge on any atom is 0.220 e. The summed E-state index contributed by atoms with van der Waals surface area (Å²) in [5.74, 6) is 0.815. The van der Waals surface area contributed by atoms with Crippen molar-refractivity contribution < 1.29 is 4.79 Å². The molecule has 0 aromatic rings. The topological polar surface area (TPSA) is 29.1 Å². The largest absolute Gasteiger partial charge is 0.356 e. The number of carbonyl (C=O) groups is 1. The first-order chi connectivity index (χ1) is 5.83. The minimum atomic E-state index is 0.0839. The zero-order chi connectivity index (χ0) is 8.81. The van der Waals surface area contributed by atoms with Gasteiger partial charge < -0.3 is 5.32 Å². The lowest BCUT2D eigenvalue weighted by Gasteiger charge is -2.21. The van der Waals surface area contributed by atoms with E-state index in [0.29, 0.717) is 6.42 Å². The summed E-state index contributed by atoms with van der Waals surface area (Å²) in [5.41, 5.74) is 0. The van der Waals surface area contributed by atoms with E-state index >= 15 is 0 Å². The highest BCUT2D eigenvalue weighted by Crippen LogP contribution is 2.22. The van der Waals surface area contributed by atoms with Crippen LogP contribution in [0.2, 0.25) is 0 Å². The lowest BCUT2D eigenvalue weighted by molar-refractivity contribution is -0.120. The molecule has 0 unspecified atom stereocenters. The van der Waals surface area contributed by atoms with E-state index in [9.17, 15) is 4.79 Å². The minimum Gasteiger partial charge on any atom is -0.356 e. The van der Waals surface area contributed by atoms with Gasteiger partial charge in [0.25, 0.3) is 0 Å². The molecule has 1 fully saturated rings. The third-order valence-electron chi connectivity index (χ3n) is 2.54. The van der Waals surface area contributed by atoms with Crippen LogP contribution in [0.5, 0.6) is 0 Å². The molecule has 1 aliphatic rings. The quantitative estimate of drug-likeness (QED) is 0.685. The fraction of sp³-hybridized carbons (Fsp3) is 0.800. The van der Waals surface area contributed by atoms with Crippen LogP contribution in [0.25, 0.3) is 0 Å². The van der Waals surface area contributed by atoms with Gasteiger partial charge in [-0.1, -0.05) is 19.3 Å². The molecule has 0 spiro atoms. The van der Waals surface area contributed by atoms with Crippen molar-refractivity contribution in [3.8, 4) is 0 Å². The highest BCUT2D eigenvalue weighted by molar-refractivity contribution is 5.76. The van der Waals surface area contributed by atoms with Gasteiger partial charge >= 0.3 is 0 Å². The molecule has 1 radical (unpaired) electrons. The maximum absolute atomic E-state index is 10.9. The fourth-order valence-electron chi connectivity index (χ4n) is 1.74. The van der Waals surface area contributed by atoms with Crippen molar-refractivity contribution in [1.82, 2.24) is 5.32 Å². The maximum atomic E-state index is 10.9. The molecule has 2 nitrogen and oxygen atoms in total. The molecule has 1 rings (SSSR count). The Morgan fingerprint density at radius 1 is 1.33 bits per heavy atom. The summed E-state index contributed by atoms with van der Waals surface area (Å²) in [4.78, 5) is 10.9. The fourth-order valence-corrected chi connectivity index (χ4v) is 1.74. The molecule has 1 saturated carbocycles. The van der Waals surface area contributed by atoms with Crippen molar-refractivity contribution in [3.63, 3.8) is 0 Å². The Kier molecular flexibility index (Phi) is 4.12. The van der Waals surface area contributed by atoms with E-state index < -0.39 is 0 Å². The number of nitrogens with one attached hydrogen (secondary N) is 1. The second-order valence-corrected chi connectivity index (χ2v) is 3.56. The standard InChI is InChI=1S/C10H18NO/c1-2-10(12)11-8-9-6-4-3-5-7-9/h9H,1-8H2,(H,11,12). The summed E-state index contributed by atoms with van der Waals surface area (Å²) in [7, 11) is 0. The molecule has 69 valence electrons. The molecule has 1 amide bonds. The first-order valence-corrected chi connectivity index (χ1v) is 4.89. The molecule has 12 heavy (non-hydrogen) atoms. The number of amides is 1. The van der Waals surface area contributed by atoms with Gasteiger partial charge in [-0.25, -0.2) is 0 Å². The Hall–Kier alpha value is -0.530.